The van der Waals surface area contributed by atoms with Gasteiger partial charge in [-0.1, -0.05) is 0 Å². The Balaban J connectivity index is 2.26. The molecular formula is C4H9NO2. The molecule has 42 valence electrons. The van der Waals surface area contributed by atoms with Crippen LogP contribution in [0.5, 0.6) is 0 Å². The molecule has 0 spiro atoms. The topological polar surface area (TPSA) is 32.7 Å². The van der Waals surface area contributed by atoms with Gasteiger partial charge in [0.05, 0.1) is 19.3 Å². The molecule has 1 atom stereocenters. The summed E-state index contributed by atoms with van der Waals surface area (Å²) in [6, 6.07) is 0. The highest BCUT2D eigenvalue weighted by molar-refractivity contribution is 4.59. The zero-order valence-electron chi connectivity index (χ0n) is 4.29. The van der Waals surface area contributed by atoms with E-state index in [4.69, 9.17) is 9.94 Å². The van der Waals surface area contributed by atoms with Crippen LogP contribution >= 0.6 is 0 Å². The third-order valence-corrected chi connectivity index (χ3v) is 0.955. The Labute approximate surface area is 42.4 Å². The average Bonchev–Trinajstić information content (AvgIpc) is 1.87. The monoisotopic (exact) mass is 103 g/mol. The molecule has 1 fully saturated rings. The van der Waals surface area contributed by atoms with Gasteiger partial charge in [0.2, 0.25) is 0 Å². The van der Waals surface area contributed by atoms with Gasteiger partial charge in [0, 0.05) is 7.05 Å². The highest BCUT2D eigenvalue weighted by atomic mass is 16.7. The molecule has 1 aliphatic heterocycles. The maximum atomic E-state index is 8.73. The number of β-amino-alcohol motifs (C(OH)–C–C–N with tert-alkyl or cyclic N) is 1. The summed E-state index contributed by atoms with van der Waals surface area (Å²) in [5, 5.41) is 10.4. The van der Waals surface area contributed by atoms with Gasteiger partial charge >= 0.3 is 0 Å². The van der Waals surface area contributed by atoms with Crippen molar-refractivity contribution in [3.8, 4) is 0 Å². The first kappa shape index (κ1) is 5.03. The maximum Gasteiger partial charge on any atom is 0.0957 e. The predicted molar refractivity (Wildman–Crippen MR) is 24.6 cm³/mol. The van der Waals surface area contributed by atoms with Crippen LogP contribution in [-0.4, -0.2) is 36.5 Å². The number of aliphatic hydroxyl groups is 1. The smallest absolute Gasteiger partial charge is 0.0957 e. The van der Waals surface area contributed by atoms with Gasteiger partial charge in [0.15, 0.2) is 0 Å². The van der Waals surface area contributed by atoms with E-state index < -0.39 is 0 Å². The standard InChI is InChI=1S/C4H9NO2/c1-5-2-4(6)3-7-5/h4,6H,2-3H2,1H3. The first-order valence-corrected chi connectivity index (χ1v) is 2.31. The lowest BCUT2D eigenvalue weighted by Crippen LogP contribution is -2.15. The van der Waals surface area contributed by atoms with Crippen LogP contribution in [0.1, 0.15) is 0 Å². The Hall–Kier alpha value is -0.120. The van der Waals surface area contributed by atoms with E-state index in [1.807, 2.05) is 0 Å². The lowest BCUT2D eigenvalue weighted by molar-refractivity contribution is -0.0878. The first-order valence-electron chi connectivity index (χ1n) is 2.31. The van der Waals surface area contributed by atoms with Crippen molar-refractivity contribution >= 4 is 0 Å². The van der Waals surface area contributed by atoms with Crippen LogP contribution in [0.3, 0.4) is 0 Å². The van der Waals surface area contributed by atoms with Crippen LogP contribution in [0.15, 0.2) is 0 Å². The van der Waals surface area contributed by atoms with Crippen LogP contribution in [0, 0.1) is 0 Å². The van der Waals surface area contributed by atoms with Gasteiger partial charge in [0.1, 0.15) is 0 Å². The molecule has 0 aromatic carbocycles. The third-order valence-electron chi connectivity index (χ3n) is 0.955. The zero-order chi connectivity index (χ0) is 5.28. The van der Waals surface area contributed by atoms with Crippen LogP contribution in [-0.2, 0) is 4.84 Å². The molecule has 1 saturated heterocycles. The molecule has 1 aliphatic rings. The quantitative estimate of drug-likeness (QED) is 0.436. The van der Waals surface area contributed by atoms with Crippen LogP contribution in [0.4, 0.5) is 0 Å². The summed E-state index contributed by atoms with van der Waals surface area (Å²) >= 11 is 0. The van der Waals surface area contributed by atoms with E-state index >= 15 is 0 Å². The van der Waals surface area contributed by atoms with Crippen molar-refractivity contribution in [1.82, 2.24) is 5.06 Å². The van der Waals surface area contributed by atoms with E-state index in [-0.39, 0.29) is 6.10 Å². The van der Waals surface area contributed by atoms with E-state index in [0.717, 1.165) is 0 Å². The largest absolute Gasteiger partial charge is 0.389 e. The van der Waals surface area contributed by atoms with Gasteiger partial charge in [0.25, 0.3) is 0 Å². The molecule has 7 heavy (non-hydrogen) atoms. The molecule has 0 radical (unpaired) electrons. The SMILES string of the molecule is CN1CC(O)CO1. The number of hydrogen-bond donors (Lipinski definition) is 1. The van der Waals surface area contributed by atoms with Gasteiger partial charge in [-0.15, -0.1) is 0 Å². The minimum Gasteiger partial charge on any atom is -0.389 e. The van der Waals surface area contributed by atoms with Crippen LogP contribution in [0.25, 0.3) is 0 Å². The van der Waals surface area contributed by atoms with Gasteiger partial charge < -0.3 is 5.11 Å². The highest BCUT2D eigenvalue weighted by Crippen LogP contribution is 1.99. The Morgan fingerprint density at radius 1 is 1.86 bits per heavy atom. The summed E-state index contributed by atoms with van der Waals surface area (Å²) in [5.74, 6) is 0. The second-order valence-corrected chi connectivity index (χ2v) is 1.76. The van der Waals surface area contributed by atoms with Crippen LogP contribution in [0.2, 0.25) is 0 Å². The minimum atomic E-state index is -0.273. The lowest BCUT2D eigenvalue weighted by Gasteiger charge is -2.01. The molecule has 1 unspecified atom stereocenters. The molecule has 3 nitrogen and oxygen atoms in total. The third kappa shape index (κ3) is 1.12. The summed E-state index contributed by atoms with van der Waals surface area (Å²) in [6.45, 7) is 1.09. The van der Waals surface area contributed by atoms with Gasteiger partial charge in [-0.25, -0.2) is 0 Å². The Morgan fingerprint density at radius 2 is 2.57 bits per heavy atom. The molecule has 1 N–H and O–H groups in total. The second-order valence-electron chi connectivity index (χ2n) is 1.76. The molecule has 0 aromatic rings. The maximum absolute atomic E-state index is 8.73. The fourth-order valence-electron chi connectivity index (χ4n) is 0.615. The Bertz CT molecular complexity index is 58.7. The van der Waals surface area contributed by atoms with E-state index in [0.29, 0.717) is 13.2 Å². The Kier molecular flexibility index (Phi) is 1.27. The zero-order valence-corrected chi connectivity index (χ0v) is 4.29. The predicted octanol–water partition coefficient (Wildman–Crippen LogP) is -0.776. The molecule has 0 saturated carbocycles. The first-order chi connectivity index (χ1) is 3.29. The van der Waals surface area contributed by atoms with Crippen molar-refractivity contribution in [1.29, 1.82) is 0 Å². The summed E-state index contributed by atoms with van der Waals surface area (Å²) < 4.78 is 0. The van der Waals surface area contributed by atoms with E-state index in [1.165, 1.54) is 0 Å². The summed E-state index contributed by atoms with van der Waals surface area (Å²) in [6.07, 6.45) is -0.273. The van der Waals surface area contributed by atoms with E-state index in [1.54, 1.807) is 12.1 Å². The minimum absolute atomic E-state index is 0.273. The molecule has 1 rings (SSSR count). The molecule has 0 aromatic heterocycles. The molecule has 0 aliphatic carbocycles. The van der Waals surface area contributed by atoms with Gasteiger partial charge in [-0.05, 0) is 0 Å². The molecule has 0 bridgehead atoms. The number of likely N-dealkylation sites (N-methyl/N-ethyl adjacent to an activating group) is 1. The molecule has 3 heteroatoms. The van der Waals surface area contributed by atoms with Crippen molar-refractivity contribution in [2.75, 3.05) is 20.2 Å². The summed E-state index contributed by atoms with van der Waals surface area (Å²) in [4.78, 5) is 4.85. The van der Waals surface area contributed by atoms with Crippen molar-refractivity contribution in [2.45, 2.75) is 6.10 Å². The van der Waals surface area contributed by atoms with Gasteiger partial charge in [-0.3, -0.25) is 4.84 Å². The van der Waals surface area contributed by atoms with Crippen LogP contribution < -0.4 is 0 Å². The fraction of sp³-hybridized carbons (Fsp3) is 1.00. The van der Waals surface area contributed by atoms with Crippen molar-refractivity contribution < 1.29 is 9.94 Å². The lowest BCUT2D eigenvalue weighted by atomic mass is 10.4. The highest BCUT2D eigenvalue weighted by Gasteiger charge is 2.16. The number of rotatable bonds is 0. The molecule has 0 amide bonds. The average molecular weight is 103 g/mol. The number of aliphatic hydroxyl groups excluding tert-OH is 1. The van der Waals surface area contributed by atoms with E-state index in [9.17, 15) is 0 Å². The summed E-state index contributed by atoms with van der Waals surface area (Å²) in [5.41, 5.74) is 0. The summed E-state index contributed by atoms with van der Waals surface area (Å²) in [7, 11) is 1.80. The molecular weight excluding hydrogens is 94.0 g/mol. The number of hydroxylamine groups is 2. The normalized spacial score (nSPS) is 34.3. The fourth-order valence-corrected chi connectivity index (χ4v) is 0.615. The van der Waals surface area contributed by atoms with Crippen molar-refractivity contribution in [2.24, 2.45) is 0 Å². The number of nitrogens with zero attached hydrogens (tertiary/aromatic N) is 1. The Morgan fingerprint density at radius 3 is 2.71 bits per heavy atom. The van der Waals surface area contributed by atoms with Gasteiger partial charge in [-0.2, -0.15) is 5.06 Å². The van der Waals surface area contributed by atoms with Crippen molar-refractivity contribution in [3.63, 3.8) is 0 Å². The van der Waals surface area contributed by atoms with Crippen molar-refractivity contribution in [3.05, 3.63) is 0 Å². The number of hydrogen-bond acceptors (Lipinski definition) is 3. The van der Waals surface area contributed by atoms with E-state index in [2.05, 4.69) is 0 Å². The molecule has 1 heterocycles. The second kappa shape index (κ2) is 1.78.